The second-order valence-corrected chi connectivity index (χ2v) is 6.20. The monoisotopic (exact) mass is 343 g/mol. The third-order valence-corrected chi connectivity index (χ3v) is 4.62. The number of fused-ring (bicyclic) bond motifs is 1. The first kappa shape index (κ1) is 15.8. The molecule has 25 heavy (non-hydrogen) atoms. The number of carbonyl (C=O) groups is 1. The van der Waals surface area contributed by atoms with Crippen molar-refractivity contribution in [2.45, 2.75) is 12.5 Å². The molecule has 0 spiro atoms. The Kier molecular flexibility index (Phi) is 3.76. The summed E-state index contributed by atoms with van der Waals surface area (Å²) in [6.45, 7) is 0.503. The first-order valence-corrected chi connectivity index (χ1v) is 8.06. The molecule has 2 aromatic heterocycles. The smallest absolute Gasteiger partial charge is 0.232 e. The van der Waals surface area contributed by atoms with Crippen molar-refractivity contribution >= 4 is 22.9 Å². The Hall–Kier alpha value is -2.74. The Bertz CT molecular complexity index is 948. The standard InChI is InChI=1S/C17H18FN5O2/c1-22-7-6-19-15(22)14-11(5-8-25-14)16(24)21-17-20-12-9-10(18)3-4-13(12)23(17)2/h3-4,6-7,9,11,14H,5,8H2,1-2H3,(H,20,21,24)/t11-,14-/m1/s1. The van der Waals surface area contributed by atoms with Crippen LogP contribution >= 0.6 is 0 Å². The lowest BCUT2D eigenvalue weighted by molar-refractivity contribution is -0.121. The maximum Gasteiger partial charge on any atom is 0.232 e. The lowest BCUT2D eigenvalue weighted by atomic mass is 10.00. The number of hydrogen-bond acceptors (Lipinski definition) is 4. The van der Waals surface area contributed by atoms with Gasteiger partial charge in [0.15, 0.2) is 0 Å². The van der Waals surface area contributed by atoms with E-state index < -0.39 is 0 Å². The van der Waals surface area contributed by atoms with Crippen LogP contribution in [-0.2, 0) is 23.6 Å². The fourth-order valence-corrected chi connectivity index (χ4v) is 3.25. The molecule has 1 saturated heterocycles. The quantitative estimate of drug-likeness (QED) is 0.791. The maximum atomic E-state index is 13.4. The number of carbonyl (C=O) groups excluding carboxylic acids is 1. The lowest BCUT2D eigenvalue weighted by Gasteiger charge is -2.17. The molecule has 130 valence electrons. The summed E-state index contributed by atoms with van der Waals surface area (Å²) >= 11 is 0. The normalized spacial score (nSPS) is 20.3. The van der Waals surface area contributed by atoms with E-state index in [4.69, 9.17) is 4.74 Å². The largest absolute Gasteiger partial charge is 0.369 e. The van der Waals surface area contributed by atoms with Gasteiger partial charge in [0.05, 0.1) is 17.0 Å². The number of aryl methyl sites for hydroxylation is 2. The summed E-state index contributed by atoms with van der Waals surface area (Å²) < 4.78 is 22.7. The number of imidazole rings is 2. The minimum absolute atomic E-state index is 0.177. The van der Waals surface area contributed by atoms with Crippen LogP contribution in [0.15, 0.2) is 30.6 Å². The lowest BCUT2D eigenvalue weighted by Crippen LogP contribution is -2.27. The summed E-state index contributed by atoms with van der Waals surface area (Å²) in [5.74, 6) is 0.227. The number of halogens is 1. The highest BCUT2D eigenvalue weighted by atomic mass is 19.1. The number of anilines is 1. The average molecular weight is 343 g/mol. The van der Waals surface area contributed by atoms with E-state index in [1.165, 1.54) is 12.1 Å². The predicted molar refractivity (Wildman–Crippen MR) is 89.3 cm³/mol. The highest BCUT2D eigenvalue weighted by Crippen LogP contribution is 2.34. The van der Waals surface area contributed by atoms with Gasteiger partial charge < -0.3 is 13.9 Å². The van der Waals surface area contributed by atoms with Gasteiger partial charge in [0, 0.05) is 39.2 Å². The molecular formula is C17H18FN5O2. The molecule has 1 aromatic carbocycles. The number of aromatic nitrogens is 4. The van der Waals surface area contributed by atoms with Gasteiger partial charge >= 0.3 is 0 Å². The van der Waals surface area contributed by atoms with Gasteiger partial charge in [-0.2, -0.15) is 0 Å². The van der Waals surface area contributed by atoms with Crippen molar-refractivity contribution in [3.05, 3.63) is 42.2 Å². The molecule has 3 aromatic rings. The van der Waals surface area contributed by atoms with E-state index in [-0.39, 0.29) is 23.7 Å². The van der Waals surface area contributed by atoms with Gasteiger partial charge in [0.25, 0.3) is 0 Å². The van der Waals surface area contributed by atoms with Gasteiger partial charge in [-0.25, -0.2) is 14.4 Å². The SMILES string of the molecule is Cn1ccnc1[C@@H]1OCC[C@H]1C(=O)Nc1nc2cc(F)ccc2n1C. The molecule has 0 unspecified atom stereocenters. The van der Waals surface area contributed by atoms with Gasteiger partial charge in [-0.05, 0) is 18.6 Å². The number of ether oxygens (including phenoxy) is 1. The summed E-state index contributed by atoms with van der Waals surface area (Å²) in [6.07, 6.45) is 3.74. The molecule has 2 atom stereocenters. The van der Waals surface area contributed by atoms with Crippen LogP contribution in [-0.4, -0.2) is 31.6 Å². The van der Waals surface area contributed by atoms with Gasteiger partial charge in [0.2, 0.25) is 11.9 Å². The Balaban J connectivity index is 1.59. The second kappa shape index (κ2) is 5.96. The third kappa shape index (κ3) is 2.68. The van der Waals surface area contributed by atoms with Crippen LogP contribution in [0.3, 0.4) is 0 Å². The summed E-state index contributed by atoms with van der Waals surface area (Å²) in [5.41, 5.74) is 1.25. The van der Waals surface area contributed by atoms with Crippen molar-refractivity contribution in [2.24, 2.45) is 20.0 Å². The highest BCUT2D eigenvalue weighted by molar-refractivity contribution is 5.93. The van der Waals surface area contributed by atoms with E-state index in [2.05, 4.69) is 15.3 Å². The van der Waals surface area contributed by atoms with E-state index in [1.54, 1.807) is 23.9 Å². The first-order chi connectivity index (χ1) is 12.0. The molecule has 0 saturated carbocycles. The molecule has 0 bridgehead atoms. The van der Waals surface area contributed by atoms with Crippen molar-refractivity contribution in [2.75, 3.05) is 11.9 Å². The van der Waals surface area contributed by atoms with Crippen LogP contribution in [0, 0.1) is 11.7 Å². The molecule has 1 amide bonds. The summed E-state index contributed by atoms with van der Waals surface area (Å²) in [7, 11) is 3.66. The molecule has 7 nitrogen and oxygen atoms in total. The van der Waals surface area contributed by atoms with Gasteiger partial charge in [-0.3, -0.25) is 10.1 Å². The fourth-order valence-electron chi connectivity index (χ4n) is 3.25. The van der Waals surface area contributed by atoms with E-state index in [0.717, 1.165) is 11.3 Å². The van der Waals surface area contributed by atoms with Crippen LogP contribution in [0.2, 0.25) is 0 Å². The molecule has 1 fully saturated rings. The zero-order chi connectivity index (χ0) is 17.6. The number of rotatable bonds is 3. The van der Waals surface area contributed by atoms with E-state index >= 15 is 0 Å². The van der Waals surface area contributed by atoms with Crippen molar-refractivity contribution in [1.29, 1.82) is 0 Å². The van der Waals surface area contributed by atoms with Crippen molar-refractivity contribution in [3.8, 4) is 0 Å². The summed E-state index contributed by atoms with van der Waals surface area (Å²) in [5, 5.41) is 2.85. The van der Waals surface area contributed by atoms with Crippen LogP contribution in [0.4, 0.5) is 10.3 Å². The molecule has 1 aliphatic rings. The Labute approximate surface area is 143 Å². The van der Waals surface area contributed by atoms with Crippen molar-refractivity contribution in [3.63, 3.8) is 0 Å². The maximum absolute atomic E-state index is 13.4. The van der Waals surface area contributed by atoms with Gasteiger partial charge in [0.1, 0.15) is 17.7 Å². The topological polar surface area (TPSA) is 74.0 Å². The molecule has 1 N–H and O–H groups in total. The number of benzene rings is 1. The summed E-state index contributed by atoms with van der Waals surface area (Å²) in [6, 6.07) is 4.36. The molecule has 4 rings (SSSR count). The minimum atomic E-state index is -0.382. The van der Waals surface area contributed by atoms with Gasteiger partial charge in [-0.15, -0.1) is 0 Å². The molecule has 3 heterocycles. The Morgan fingerprint density at radius 3 is 3.00 bits per heavy atom. The van der Waals surface area contributed by atoms with E-state index in [1.807, 2.05) is 17.8 Å². The zero-order valence-corrected chi connectivity index (χ0v) is 13.9. The second-order valence-electron chi connectivity index (χ2n) is 6.20. The van der Waals surface area contributed by atoms with Crippen molar-refractivity contribution in [1.82, 2.24) is 19.1 Å². The number of nitrogens with one attached hydrogen (secondary N) is 1. The molecule has 0 aliphatic carbocycles. The molecular weight excluding hydrogens is 325 g/mol. The number of nitrogens with zero attached hydrogens (tertiary/aromatic N) is 4. The fraction of sp³-hybridized carbons (Fsp3) is 0.353. The van der Waals surface area contributed by atoms with Crippen molar-refractivity contribution < 1.29 is 13.9 Å². The highest BCUT2D eigenvalue weighted by Gasteiger charge is 2.38. The van der Waals surface area contributed by atoms with Crippen LogP contribution < -0.4 is 5.32 Å². The van der Waals surface area contributed by atoms with E-state index in [0.29, 0.717) is 24.5 Å². The predicted octanol–water partition coefficient (Wildman–Crippen LogP) is 2.16. The Morgan fingerprint density at radius 2 is 2.24 bits per heavy atom. The molecule has 1 aliphatic heterocycles. The number of hydrogen-bond donors (Lipinski definition) is 1. The van der Waals surface area contributed by atoms with Crippen LogP contribution in [0.25, 0.3) is 11.0 Å². The minimum Gasteiger partial charge on any atom is -0.369 e. The van der Waals surface area contributed by atoms with Crippen LogP contribution in [0.5, 0.6) is 0 Å². The van der Waals surface area contributed by atoms with Gasteiger partial charge in [-0.1, -0.05) is 0 Å². The average Bonchev–Trinajstić information content (AvgIpc) is 3.27. The Morgan fingerprint density at radius 1 is 1.40 bits per heavy atom. The molecule has 0 radical (unpaired) electrons. The summed E-state index contributed by atoms with van der Waals surface area (Å²) in [4.78, 5) is 21.4. The zero-order valence-electron chi connectivity index (χ0n) is 13.9. The van der Waals surface area contributed by atoms with Crippen LogP contribution in [0.1, 0.15) is 18.3 Å². The third-order valence-electron chi connectivity index (χ3n) is 4.62. The molecule has 8 heteroatoms. The first-order valence-electron chi connectivity index (χ1n) is 8.06. The van der Waals surface area contributed by atoms with E-state index in [9.17, 15) is 9.18 Å². The number of amides is 1.